The Bertz CT molecular complexity index is 1380. The van der Waals surface area contributed by atoms with E-state index in [2.05, 4.69) is 0 Å². The molecule has 0 unspecified atom stereocenters. The first-order chi connectivity index (χ1) is 15.4. The number of ether oxygens (including phenoxy) is 2. The molecule has 4 rings (SSSR count). The number of fused-ring (bicyclic) bond motifs is 1. The number of aryl methyl sites for hydroxylation is 2. The lowest BCUT2D eigenvalue weighted by Crippen LogP contribution is -2.20. The standard InChI is InChI=1S/C27H25NO4/c1-17-9-10-19(13-18(17)2)26(29)23-16-28(15-20-7-5-6-8-25(20)32-4)24-12-11-21(31-3)14-22(24)27(23)30/h5-14,16H,15H2,1-4H3. The minimum Gasteiger partial charge on any atom is -0.497 e. The summed E-state index contributed by atoms with van der Waals surface area (Å²) in [6, 6.07) is 18.6. The number of nitrogens with zero attached hydrogens (tertiary/aromatic N) is 1. The van der Waals surface area contributed by atoms with Gasteiger partial charge in [-0.2, -0.15) is 0 Å². The van der Waals surface area contributed by atoms with Crippen LogP contribution in [0, 0.1) is 13.8 Å². The van der Waals surface area contributed by atoms with Crippen molar-refractivity contribution in [3.8, 4) is 11.5 Å². The zero-order valence-corrected chi connectivity index (χ0v) is 18.6. The predicted octanol–water partition coefficient (Wildman–Crippen LogP) is 4.91. The number of benzene rings is 3. The lowest BCUT2D eigenvalue weighted by atomic mass is 9.98. The topological polar surface area (TPSA) is 57.5 Å². The molecule has 0 fully saturated rings. The fraction of sp³-hybridized carbons (Fsp3) is 0.185. The largest absolute Gasteiger partial charge is 0.497 e. The molecule has 1 heterocycles. The molecule has 0 spiro atoms. The monoisotopic (exact) mass is 427 g/mol. The highest BCUT2D eigenvalue weighted by Crippen LogP contribution is 2.24. The van der Waals surface area contributed by atoms with Crippen LogP contribution in [0.3, 0.4) is 0 Å². The van der Waals surface area contributed by atoms with E-state index in [1.807, 2.05) is 66.9 Å². The number of aromatic nitrogens is 1. The molecule has 5 heteroatoms. The van der Waals surface area contributed by atoms with Gasteiger partial charge in [-0.05, 0) is 55.3 Å². The second-order valence-corrected chi connectivity index (χ2v) is 7.82. The Hall–Kier alpha value is -3.86. The minimum atomic E-state index is -0.307. The molecule has 0 amide bonds. The number of carbonyl (C=O) groups excluding carboxylic acids is 1. The van der Waals surface area contributed by atoms with Gasteiger partial charge < -0.3 is 14.0 Å². The number of ketones is 1. The molecule has 0 saturated heterocycles. The van der Waals surface area contributed by atoms with Crippen LogP contribution in [0.25, 0.3) is 10.9 Å². The number of carbonyl (C=O) groups is 1. The number of hydrogen-bond donors (Lipinski definition) is 0. The van der Waals surface area contributed by atoms with Gasteiger partial charge in [0.15, 0.2) is 5.78 Å². The van der Waals surface area contributed by atoms with Crippen molar-refractivity contribution in [3.63, 3.8) is 0 Å². The Morgan fingerprint density at radius 2 is 1.69 bits per heavy atom. The van der Waals surface area contributed by atoms with Gasteiger partial charge >= 0.3 is 0 Å². The van der Waals surface area contributed by atoms with Gasteiger partial charge in [0.25, 0.3) is 0 Å². The number of methoxy groups -OCH3 is 2. The van der Waals surface area contributed by atoms with E-state index in [-0.39, 0.29) is 16.8 Å². The summed E-state index contributed by atoms with van der Waals surface area (Å²) in [6.45, 7) is 4.39. The maximum absolute atomic E-state index is 13.4. The van der Waals surface area contributed by atoms with E-state index in [0.717, 1.165) is 28.0 Å². The summed E-state index contributed by atoms with van der Waals surface area (Å²) in [5.41, 5.74) is 4.09. The molecular formula is C27H25NO4. The molecule has 0 aliphatic rings. The molecule has 32 heavy (non-hydrogen) atoms. The zero-order chi connectivity index (χ0) is 22.8. The van der Waals surface area contributed by atoms with Crippen molar-refractivity contribution in [2.75, 3.05) is 14.2 Å². The molecule has 5 nitrogen and oxygen atoms in total. The number of pyridine rings is 1. The lowest BCUT2D eigenvalue weighted by Gasteiger charge is -2.16. The molecule has 4 aromatic rings. The van der Waals surface area contributed by atoms with Gasteiger partial charge in [0.1, 0.15) is 11.5 Å². The third kappa shape index (κ3) is 3.89. The Balaban J connectivity index is 1.93. The van der Waals surface area contributed by atoms with E-state index >= 15 is 0 Å². The van der Waals surface area contributed by atoms with Gasteiger partial charge in [-0.3, -0.25) is 9.59 Å². The third-order valence-corrected chi connectivity index (χ3v) is 5.83. The van der Waals surface area contributed by atoms with Crippen LogP contribution < -0.4 is 14.9 Å². The zero-order valence-electron chi connectivity index (χ0n) is 18.6. The van der Waals surface area contributed by atoms with E-state index in [1.54, 1.807) is 32.5 Å². The van der Waals surface area contributed by atoms with E-state index in [4.69, 9.17) is 9.47 Å². The van der Waals surface area contributed by atoms with Crippen LogP contribution in [0.2, 0.25) is 0 Å². The molecule has 0 bridgehead atoms. The van der Waals surface area contributed by atoms with Crippen molar-refractivity contribution < 1.29 is 14.3 Å². The fourth-order valence-corrected chi connectivity index (χ4v) is 3.85. The van der Waals surface area contributed by atoms with Crippen LogP contribution in [-0.4, -0.2) is 24.6 Å². The second kappa shape index (κ2) is 8.71. The van der Waals surface area contributed by atoms with E-state index in [1.165, 1.54) is 0 Å². The molecule has 0 atom stereocenters. The molecule has 3 aromatic carbocycles. The quantitative estimate of drug-likeness (QED) is 0.410. The Morgan fingerprint density at radius 3 is 2.41 bits per heavy atom. The first-order valence-corrected chi connectivity index (χ1v) is 10.4. The van der Waals surface area contributed by atoms with Gasteiger partial charge in [0.05, 0.1) is 37.2 Å². The SMILES string of the molecule is COc1ccc2c(c1)c(=O)c(C(=O)c1ccc(C)c(C)c1)cn2Cc1ccccc1OC. The third-order valence-electron chi connectivity index (χ3n) is 5.83. The van der Waals surface area contributed by atoms with Crippen LogP contribution in [0.5, 0.6) is 11.5 Å². The van der Waals surface area contributed by atoms with Crippen LogP contribution in [0.4, 0.5) is 0 Å². The lowest BCUT2D eigenvalue weighted by molar-refractivity contribution is 0.103. The summed E-state index contributed by atoms with van der Waals surface area (Å²) in [5, 5.41) is 0.439. The molecule has 0 radical (unpaired) electrons. The molecule has 0 aliphatic heterocycles. The van der Waals surface area contributed by atoms with Crippen LogP contribution in [-0.2, 0) is 6.54 Å². The summed E-state index contributed by atoms with van der Waals surface area (Å²) in [4.78, 5) is 26.8. The van der Waals surface area contributed by atoms with E-state index in [9.17, 15) is 9.59 Å². The highest BCUT2D eigenvalue weighted by molar-refractivity contribution is 6.10. The van der Waals surface area contributed by atoms with Crippen molar-refractivity contribution in [2.24, 2.45) is 0 Å². The molecule has 162 valence electrons. The predicted molar refractivity (Wildman–Crippen MR) is 126 cm³/mol. The van der Waals surface area contributed by atoms with Crippen LogP contribution >= 0.6 is 0 Å². The van der Waals surface area contributed by atoms with Gasteiger partial charge in [0, 0.05) is 17.3 Å². The summed E-state index contributed by atoms with van der Waals surface area (Å²) in [7, 11) is 3.18. The average Bonchev–Trinajstić information content (AvgIpc) is 2.82. The number of hydrogen-bond acceptors (Lipinski definition) is 4. The first-order valence-electron chi connectivity index (χ1n) is 10.4. The normalized spacial score (nSPS) is 10.9. The summed E-state index contributed by atoms with van der Waals surface area (Å²) >= 11 is 0. The number of rotatable bonds is 6. The van der Waals surface area contributed by atoms with Gasteiger partial charge in [-0.25, -0.2) is 0 Å². The molecule has 0 N–H and O–H groups in total. The van der Waals surface area contributed by atoms with Gasteiger partial charge in [0.2, 0.25) is 5.43 Å². The van der Waals surface area contributed by atoms with Gasteiger partial charge in [-0.15, -0.1) is 0 Å². The molecular weight excluding hydrogens is 402 g/mol. The van der Waals surface area contributed by atoms with E-state index in [0.29, 0.717) is 23.2 Å². The highest BCUT2D eigenvalue weighted by atomic mass is 16.5. The fourth-order valence-electron chi connectivity index (χ4n) is 3.85. The minimum absolute atomic E-state index is 0.129. The summed E-state index contributed by atoms with van der Waals surface area (Å²) in [6.07, 6.45) is 1.65. The first kappa shape index (κ1) is 21.4. The second-order valence-electron chi connectivity index (χ2n) is 7.82. The maximum atomic E-state index is 13.4. The molecule has 1 aromatic heterocycles. The van der Waals surface area contributed by atoms with Gasteiger partial charge in [-0.1, -0.05) is 30.3 Å². The average molecular weight is 428 g/mol. The van der Waals surface area contributed by atoms with Crippen molar-refractivity contribution in [1.82, 2.24) is 4.57 Å². The highest BCUT2D eigenvalue weighted by Gasteiger charge is 2.19. The van der Waals surface area contributed by atoms with Crippen molar-refractivity contribution in [1.29, 1.82) is 0 Å². The van der Waals surface area contributed by atoms with Crippen molar-refractivity contribution >= 4 is 16.7 Å². The Morgan fingerprint density at radius 1 is 0.906 bits per heavy atom. The maximum Gasteiger partial charge on any atom is 0.200 e. The van der Waals surface area contributed by atoms with Crippen LogP contribution in [0.1, 0.15) is 32.6 Å². The summed E-state index contributed by atoms with van der Waals surface area (Å²) < 4.78 is 12.8. The summed E-state index contributed by atoms with van der Waals surface area (Å²) in [5.74, 6) is 1.01. The Kier molecular flexibility index (Phi) is 5.82. The van der Waals surface area contributed by atoms with E-state index < -0.39 is 0 Å². The Labute approximate surface area is 186 Å². The van der Waals surface area contributed by atoms with Crippen molar-refractivity contribution in [3.05, 3.63) is 105 Å². The van der Waals surface area contributed by atoms with Crippen molar-refractivity contribution in [2.45, 2.75) is 20.4 Å². The smallest absolute Gasteiger partial charge is 0.200 e. The molecule has 0 aliphatic carbocycles. The molecule has 0 saturated carbocycles. The van der Waals surface area contributed by atoms with Crippen LogP contribution in [0.15, 0.2) is 71.7 Å². The number of para-hydroxylation sites is 1.